The number of nitrogens with zero attached hydrogens (tertiary/aromatic N) is 2. The standard InChI is InChI=1S/C32H26F2N2O2S/c1-2-3-4-22-5-10-25(11-6-22)36(27-14-18-30(33)31(34)20-27)26-12-7-23(8-13-26)9-15-28-16-17-29(39-28)19-24(21-35)32(37)38/h5-20H,2-4H2,1H3,(H,37,38). The Morgan fingerprint density at radius 1 is 0.897 bits per heavy atom. The van der Waals surface area contributed by atoms with Crippen LogP contribution in [-0.2, 0) is 11.2 Å². The summed E-state index contributed by atoms with van der Waals surface area (Å²) in [6, 6.07) is 25.0. The number of carboxylic acids is 1. The van der Waals surface area contributed by atoms with Gasteiger partial charge in [-0.15, -0.1) is 11.3 Å². The highest BCUT2D eigenvalue weighted by molar-refractivity contribution is 7.13. The third kappa shape index (κ3) is 7.07. The van der Waals surface area contributed by atoms with Crippen LogP contribution in [0.15, 0.2) is 84.4 Å². The second-order valence-electron chi connectivity index (χ2n) is 8.84. The Hall–Kier alpha value is -4.54. The number of benzene rings is 3. The lowest BCUT2D eigenvalue weighted by Gasteiger charge is -2.26. The van der Waals surface area contributed by atoms with Gasteiger partial charge in [-0.05, 0) is 84.7 Å². The van der Waals surface area contributed by atoms with Crippen molar-refractivity contribution < 1.29 is 18.7 Å². The number of anilines is 3. The van der Waals surface area contributed by atoms with Crippen molar-refractivity contribution in [2.45, 2.75) is 26.2 Å². The molecular formula is C32H26F2N2O2S. The summed E-state index contributed by atoms with van der Waals surface area (Å²) in [5.41, 5.74) is 3.97. The minimum atomic E-state index is -1.26. The van der Waals surface area contributed by atoms with E-state index in [-0.39, 0.29) is 5.57 Å². The lowest BCUT2D eigenvalue weighted by Crippen LogP contribution is -2.10. The summed E-state index contributed by atoms with van der Waals surface area (Å²) in [6.45, 7) is 2.15. The smallest absolute Gasteiger partial charge is 0.346 e. The number of carboxylic acid groups (broad SMARTS) is 1. The normalized spacial score (nSPS) is 11.5. The minimum Gasteiger partial charge on any atom is -0.477 e. The fraction of sp³-hybridized carbons (Fsp3) is 0.125. The molecule has 0 unspecified atom stereocenters. The molecule has 0 bridgehead atoms. The molecule has 4 nitrogen and oxygen atoms in total. The first-order chi connectivity index (χ1) is 18.9. The van der Waals surface area contributed by atoms with Gasteiger partial charge in [0.1, 0.15) is 11.6 Å². The summed E-state index contributed by atoms with van der Waals surface area (Å²) in [4.78, 5) is 14.5. The van der Waals surface area contributed by atoms with Crippen molar-refractivity contribution in [1.82, 2.24) is 0 Å². The first kappa shape index (κ1) is 27.5. The van der Waals surface area contributed by atoms with E-state index in [1.54, 1.807) is 18.2 Å². The first-order valence-electron chi connectivity index (χ1n) is 12.4. The van der Waals surface area contributed by atoms with Crippen LogP contribution in [0.5, 0.6) is 0 Å². The van der Waals surface area contributed by atoms with Gasteiger partial charge in [-0.1, -0.05) is 43.7 Å². The molecule has 0 saturated heterocycles. The Kier molecular flexibility index (Phi) is 9.03. The third-order valence-corrected chi connectivity index (χ3v) is 7.05. The summed E-state index contributed by atoms with van der Waals surface area (Å²) >= 11 is 1.37. The molecule has 0 spiro atoms. The topological polar surface area (TPSA) is 64.3 Å². The lowest BCUT2D eigenvalue weighted by molar-refractivity contribution is -0.132. The van der Waals surface area contributed by atoms with E-state index in [1.807, 2.05) is 59.5 Å². The molecule has 0 amide bonds. The number of halogens is 2. The zero-order valence-corrected chi connectivity index (χ0v) is 22.1. The van der Waals surface area contributed by atoms with Crippen LogP contribution in [0.4, 0.5) is 25.8 Å². The zero-order valence-electron chi connectivity index (χ0n) is 21.3. The Morgan fingerprint density at radius 2 is 1.54 bits per heavy atom. The van der Waals surface area contributed by atoms with Gasteiger partial charge in [0.2, 0.25) is 0 Å². The minimum absolute atomic E-state index is 0.316. The van der Waals surface area contributed by atoms with Crippen LogP contribution < -0.4 is 4.90 Å². The largest absolute Gasteiger partial charge is 0.477 e. The number of rotatable bonds is 10. The van der Waals surface area contributed by atoms with Crippen molar-refractivity contribution in [2.75, 3.05) is 4.90 Å². The van der Waals surface area contributed by atoms with Gasteiger partial charge in [-0.2, -0.15) is 5.26 Å². The van der Waals surface area contributed by atoms with Crippen LogP contribution in [-0.4, -0.2) is 11.1 Å². The molecule has 4 rings (SSSR count). The predicted molar refractivity (Wildman–Crippen MR) is 154 cm³/mol. The van der Waals surface area contributed by atoms with Gasteiger partial charge >= 0.3 is 5.97 Å². The van der Waals surface area contributed by atoms with Gasteiger partial charge in [0.25, 0.3) is 0 Å². The molecule has 1 heterocycles. The second kappa shape index (κ2) is 12.8. The van der Waals surface area contributed by atoms with Crippen molar-refractivity contribution in [3.05, 3.63) is 117 Å². The summed E-state index contributed by atoms with van der Waals surface area (Å²) in [6.07, 6.45) is 8.39. The summed E-state index contributed by atoms with van der Waals surface area (Å²) in [7, 11) is 0. The maximum absolute atomic E-state index is 14.2. The van der Waals surface area contributed by atoms with E-state index >= 15 is 0 Å². The molecule has 4 aromatic rings. The van der Waals surface area contributed by atoms with Gasteiger partial charge in [0.05, 0.1) is 0 Å². The molecule has 0 aliphatic carbocycles. The molecule has 0 fully saturated rings. The van der Waals surface area contributed by atoms with Crippen LogP contribution in [0, 0.1) is 23.0 Å². The van der Waals surface area contributed by atoms with E-state index in [0.717, 1.165) is 47.1 Å². The van der Waals surface area contributed by atoms with Crippen LogP contribution >= 0.6 is 11.3 Å². The summed E-state index contributed by atoms with van der Waals surface area (Å²) < 4.78 is 27.9. The van der Waals surface area contributed by atoms with Crippen LogP contribution in [0.2, 0.25) is 0 Å². The van der Waals surface area contributed by atoms with Gasteiger partial charge in [0, 0.05) is 32.9 Å². The Labute approximate surface area is 230 Å². The van der Waals surface area contributed by atoms with Crippen LogP contribution in [0.25, 0.3) is 18.2 Å². The molecule has 0 aliphatic heterocycles. The zero-order chi connectivity index (χ0) is 27.8. The maximum atomic E-state index is 14.2. The molecule has 1 aromatic heterocycles. The third-order valence-electron chi connectivity index (χ3n) is 6.05. The van der Waals surface area contributed by atoms with Crippen LogP contribution in [0.1, 0.15) is 40.6 Å². The van der Waals surface area contributed by atoms with Crippen molar-refractivity contribution in [3.8, 4) is 6.07 Å². The number of aryl methyl sites for hydroxylation is 1. The van der Waals surface area contributed by atoms with E-state index in [4.69, 9.17) is 10.4 Å². The van der Waals surface area contributed by atoms with Gasteiger partial charge in [-0.25, -0.2) is 13.6 Å². The molecule has 196 valence electrons. The molecule has 0 aliphatic rings. The fourth-order valence-corrected chi connectivity index (χ4v) is 4.85. The number of aliphatic carboxylic acids is 1. The van der Waals surface area contributed by atoms with Crippen molar-refractivity contribution >= 4 is 52.6 Å². The highest BCUT2D eigenvalue weighted by Crippen LogP contribution is 2.35. The molecule has 0 saturated carbocycles. The first-order valence-corrected chi connectivity index (χ1v) is 13.3. The Morgan fingerprint density at radius 3 is 2.15 bits per heavy atom. The van der Waals surface area contributed by atoms with Crippen molar-refractivity contribution in [2.24, 2.45) is 0 Å². The average molecular weight is 541 g/mol. The average Bonchev–Trinajstić information content (AvgIpc) is 3.40. The monoisotopic (exact) mass is 540 g/mol. The highest BCUT2D eigenvalue weighted by atomic mass is 32.1. The van der Waals surface area contributed by atoms with E-state index in [0.29, 0.717) is 10.6 Å². The Bertz CT molecular complexity index is 1550. The van der Waals surface area contributed by atoms with E-state index in [2.05, 4.69) is 19.1 Å². The lowest BCUT2D eigenvalue weighted by atomic mass is 10.1. The molecule has 7 heteroatoms. The number of unbranched alkanes of at least 4 members (excludes halogenated alkanes) is 1. The molecule has 3 aromatic carbocycles. The molecule has 0 radical (unpaired) electrons. The van der Waals surface area contributed by atoms with E-state index in [1.165, 1.54) is 29.0 Å². The highest BCUT2D eigenvalue weighted by Gasteiger charge is 2.15. The molecule has 39 heavy (non-hydrogen) atoms. The number of carbonyl (C=O) groups is 1. The number of hydrogen-bond donors (Lipinski definition) is 1. The van der Waals surface area contributed by atoms with Crippen molar-refractivity contribution in [3.63, 3.8) is 0 Å². The van der Waals surface area contributed by atoms with Gasteiger partial charge < -0.3 is 10.0 Å². The van der Waals surface area contributed by atoms with E-state index < -0.39 is 17.6 Å². The molecule has 0 atom stereocenters. The molecular weight excluding hydrogens is 514 g/mol. The summed E-state index contributed by atoms with van der Waals surface area (Å²) in [5, 5.41) is 18.0. The molecule has 1 N–H and O–H groups in total. The Balaban J connectivity index is 1.59. The quantitative estimate of drug-likeness (QED) is 0.161. The number of nitriles is 1. The second-order valence-corrected chi connectivity index (χ2v) is 9.99. The van der Waals surface area contributed by atoms with Crippen molar-refractivity contribution in [1.29, 1.82) is 5.26 Å². The van der Waals surface area contributed by atoms with Gasteiger partial charge in [-0.3, -0.25) is 0 Å². The summed E-state index contributed by atoms with van der Waals surface area (Å²) in [5.74, 6) is -3.06. The van der Waals surface area contributed by atoms with E-state index in [9.17, 15) is 13.6 Å². The number of thiophene rings is 1. The SMILES string of the molecule is CCCCc1ccc(N(c2ccc(C=Cc3ccc(C=C(C#N)C(=O)O)s3)cc2)c2ccc(F)c(F)c2)cc1. The fourth-order valence-electron chi connectivity index (χ4n) is 4.00. The number of hydrogen-bond acceptors (Lipinski definition) is 4. The predicted octanol–water partition coefficient (Wildman–Crippen LogP) is 9.00. The maximum Gasteiger partial charge on any atom is 0.346 e. The van der Waals surface area contributed by atoms with Gasteiger partial charge in [0.15, 0.2) is 11.6 Å². The van der Waals surface area contributed by atoms with Crippen LogP contribution in [0.3, 0.4) is 0 Å².